The van der Waals surface area contributed by atoms with E-state index in [1.54, 1.807) is 0 Å². The van der Waals surface area contributed by atoms with Crippen LogP contribution in [0.4, 0.5) is 0 Å². The lowest BCUT2D eigenvalue weighted by atomic mass is 10.2. The highest BCUT2D eigenvalue weighted by molar-refractivity contribution is 5.87. The number of amides is 2. The third kappa shape index (κ3) is 5.28. The van der Waals surface area contributed by atoms with E-state index in [1.165, 1.54) is 31.3 Å². The van der Waals surface area contributed by atoms with Crippen LogP contribution < -0.4 is 5.32 Å². The van der Waals surface area contributed by atoms with E-state index in [0.717, 1.165) is 0 Å². The molecule has 1 aliphatic rings. The molecule has 1 fully saturated rings. The van der Waals surface area contributed by atoms with Gasteiger partial charge in [-0.25, -0.2) is 0 Å². The van der Waals surface area contributed by atoms with Crippen molar-refractivity contribution in [2.75, 3.05) is 20.8 Å². The van der Waals surface area contributed by atoms with Crippen LogP contribution >= 0.6 is 0 Å². The summed E-state index contributed by atoms with van der Waals surface area (Å²) >= 11 is 0. The zero-order chi connectivity index (χ0) is 15.5. The number of methoxy groups -OCH3 is 1. The second kappa shape index (κ2) is 10.4. The molecule has 0 aromatic heterocycles. The van der Waals surface area contributed by atoms with Crippen molar-refractivity contribution in [3.63, 3.8) is 0 Å². The summed E-state index contributed by atoms with van der Waals surface area (Å²) in [5.41, 5.74) is 0. The molecule has 0 aromatic carbocycles. The molecule has 7 heteroatoms. The summed E-state index contributed by atoms with van der Waals surface area (Å²) in [7, 11) is 3.00. The average Bonchev–Trinajstić information content (AvgIpc) is 2.93. The molecule has 3 unspecified atom stereocenters. The fourth-order valence-electron chi connectivity index (χ4n) is 1.73. The third-order valence-electron chi connectivity index (χ3n) is 2.71. The average molecular weight is 288 g/mol. The van der Waals surface area contributed by atoms with Crippen molar-refractivity contribution in [3.05, 3.63) is 12.3 Å². The van der Waals surface area contributed by atoms with Crippen LogP contribution in [0.3, 0.4) is 0 Å². The lowest BCUT2D eigenvalue weighted by molar-refractivity contribution is -0.134. The number of hydrogen-bond acceptors (Lipinski definition) is 5. The largest absolute Gasteiger partial charge is 0.394 e. The second-order valence-electron chi connectivity index (χ2n) is 3.82. The van der Waals surface area contributed by atoms with Gasteiger partial charge in [-0.05, 0) is 0 Å². The maximum atomic E-state index is 11.1. The molecule has 0 aliphatic carbocycles. The van der Waals surface area contributed by atoms with Crippen LogP contribution in [0.25, 0.3) is 0 Å². The molecule has 1 saturated heterocycles. The molecule has 0 bridgehead atoms. The Hall–Kier alpha value is -1.44. The van der Waals surface area contributed by atoms with Gasteiger partial charge in [-0.1, -0.05) is 13.8 Å². The normalized spacial score (nSPS) is 24.9. The predicted molar refractivity (Wildman–Crippen MR) is 73.6 cm³/mol. The minimum atomic E-state index is -0.634. The van der Waals surface area contributed by atoms with Gasteiger partial charge in [0.25, 0.3) is 0 Å². The van der Waals surface area contributed by atoms with Crippen LogP contribution in [0.15, 0.2) is 12.3 Å². The van der Waals surface area contributed by atoms with Gasteiger partial charge in [0.1, 0.15) is 6.10 Å². The van der Waals surface area contributed by atoms with Crippen LogP contribution in [-0.2, 0) is 19.1 Å². The number of nitrogens with zero attached hydrogens (tertiary/aromatic N) is 1. The molecule has 1 heterocycles. The zero-order valence-electron chi connectivity index (χ0n) is 12.4. The lowest BCUT2D eigenvalue weighted by Crippen LogP contribution is -2.38. The van der Waals surface area contributed by atoms with Gasteiger partial charge in [-0.15, -0.1) is 0 Å². The fourth-order valence-corrected chi connectivity index (χ4v) is 1.73. The highest BCUT2D eigenvalue weighted by Gasteiger charge is 2.38. The Kier molecular flexibility index (Phi) is 9.61. The number of likely N-dealkylation sites (N-methyl/N-ethyl adjacent to an activating group) is 1. The summed E-state index contributed by atoms with van der Waals surface area (Å²) in [4.78, 5) is 23.3. The Balaban J connectivity index is 0.00000172. The second-order valence-corrected chi connectivity index (χ2v) is 3.82. The number of hydrogen-bond donors (Lipinski definition) is 2. The minimum Gasteiger partial charge on any atom is -0.394 e. The highest BCUT2D eigenvalue weighted by Crippen LogP contribution is 2.24. The SMILES string of the molecule is CC.CNC(=O)/C=C\N(C=O)C1OC(CO)CC1OC. The van der Waals surface area contributed by atoms with E-state index in [1.807, 2.05) is 13.8 Å². The van der Waals surface area contributed by atoms with Crippen molar-refractivity contribution in [2.45, 2.75) is 38.7 Å². The van der Waals surface area contributed by atoms with Crippen molar-refractivity contribution in [2.24, 2.45) is 0 Å². The smallest absolute Gasteiger partial charge is 0.245 e. The summed E-state index contributed by atoms with van der Waals surface area (Å²) in [6.07, 6.45) is 2.26. The van der Waals surface area contributed by atoms with Crippen LogP contribution in [0, 0.1) is 0 Å². The first kappa shape index (κ1) is 18.6. The molecule has 3 atom stereocenters. The molecule has 2 N–H and O–H groups in total. The topological polar surface area (TPSA) is 88.1 Å². The predicted octanol–water partition coefficient (Wildman–Crippen LogP) is -0.147. The van der Waals surface area contributed by atoms with Gasteiger partial charge in [-0.3, -0.25) is 14.5 Å². The van der Waals surface area contributed by atoms with Gasteiger partial charge in [0.2, 0.25) is 12.3 Å². The lowest BCUT2D eigenvalue weighted by Gasteiger charge is -2.24. The van der Waals surface area contributed by atoms with Gasteiger partial charge in [0.15, 0.2) is 6.23 Å². The number of carbonyl (C=O) groups is 2. The molecule has 0 radical (unpaired) electrons. The summed E-state index contributed by atoms with van der Waals surface area (Å²) in [6.45, 7) is 3.86. The van der Waals surface area contributed by atoms with Crippen molar-refractivity contribution in [1.82, 2.24) is 10.2 Å². The Bertz CT molecular complexity index is 322. The van der Waals surface area contributed by atoms with E-state index in [2.05, 4.69) is 5.32 Å². The van der Waals surface area contributed by atoms with Crippen LogP contribution in [0.2, 0.25) is 0 Å². The van der Waals surface area contributed by atoms with Crippen molar-refractivity contribution < 1.29 is 24.2 Å². The van der Waals surface area contributed by atoms with Gasteiger partial charge in [0, 0.05) is 32.9 Å². The Morgan fingerprint density at radius 2 is 2.20 bits per heavy atom. The van der Waals surface area contributed by atoms with Gasteiger partial charge < -0.3 is 19.9 Å². The molecule has 0 aromatic rings. The van der Waals surface area contributed by atoms with Gasteiger partial charge in [-0.2, -0.15) is 0 Å². The van der Waals surface area contributed by atoms with Crippen LogP contribution in [-0.4, -0.2) is 61.5 Å². The summed E-state index contributed by atoms with van der Waals surface area (Å²) < 4.78 is 10.7. The highest BCUT2D eigenvalue weighted by atomic mass is 16.6. The van der Waals surface area contributed by atoms with Crippen molar-refractivity contribution in [3.8, 4) is 0 Å². The van der Waals surface area contributed by atoms with E-state index >= 15 is 0 Å². The number of carbonyl (C=O) groups excluding carboxylic acids is 2. The van der Waals surface area contributed by atoms with Gasteiger partial charge >= 0.3 is 0 Å². The van der Waals surface area contributed by atoms with E-state index in [0.29, 0.717) is 12.8 Å². The number of nitrogens with one attached hydrogen (secondary N) is 1. The number of rotatable bonds is 6. The zero-order valence-corrected chi connectivity index (χ0v) is 12.4. The number of ether oxygens (including phenoxy) is 2. The minimum absolute atomic E-state index is 0.137. The molecule has 0 spiro atoms. The number of aliphatic hydroxyl groups is 1. The maximum absolute atomic E-state index is 11.1. The van der Waals surface area contributed by atoms with Crippen molar-refractivity contribution >= 4 is 12.3 Å². The Morgan fingerprint density at radius 1 is 1.55 bits per heavy atom. The van der Waals surface area contributed by atoms with E-state index in [9.17, 15) is 9.59 Å². The Morgan fingerprint density at radius 3 is 2.65 bits per heavy atom. The molecular weight excluding hydrogens is 264 g/mol. The van der Waals surface area contributed by atoms with E-state index in [4.69, 9.17) is 14.6 Å². The third-order valence-corrected chi connectivity index (χ3v) is 2.71. The van der Waals surface area contributed by atoms with E-state index < -0.39 is 6.23 Å². The monoisotopic (exact) mass is 288 g/mol. The molecular formula is C13H24N2O5. The Labute approximate surface area is 119 Å². The molecule has 2 amide bonds. The van der Waals surface area contributed by atoms with Crippen LogP contribution in [0.1, 0.15) is 20.3 Å². The first-order valence-corrected chi connectivity index (χ1v) is 6.58. The first-order valence-electron chi connectivity index (χ1n) is 6.58. The van der Waals surface area contributed by atoms with Crippen LogP contribution in [0.5, 0.6) is 0 Å². The van der Waals surface area contributed by atoms with E-state index in [-0.39, 0.29) is 24.7 Å². The molecule has 7 nitrogen and oxygen atoms in total. The number of aliphatic hydroxyl groups excluding tert-OH is 1. The fraction of sp³-hybridized carbons (Fsp3) is 0.692. The maximum Gasteiger partial charge on any atom is 0.245 e. The molecule has 116 valence electrons. The quantitative estimate of drug-likeness (QED) is 0.524. The summed E-state index contributed by atoms with van der Waals surface area (Å²) in [6, 6.07) is 0. The molecule has 1 aliphatic heterocycles. The summed E-state index contributed by atoms with van der Waals surface area (Å²) in [5, 5.41) is 11.4. The first-order chi connectivity index (χ1) is 9.65. The van der Waals surface area contributed by atoms with Gasteiger partial charge in [0.05, 0.1) is 12.7 Å². The standard InChI is InChI=1S/C11H18N2O5.C2H6/c1-12-10(16)3-4-13(7-15)11-9(17-2)5-8(6-14)18-11;1-2/h3-4,7-9,11,14H,5-6H2,1-2H3,(H,12,16);1-2H3/b4-3-;. The molecule has 1 rings (SSSR count). The molecule has 20 heavy (non-hydrogen) atoms. The molecule has 0 saturated carbocycles. The van der Waals surface area contributed by atoms with Crippen molar-refractivity contribution in [1.29, 1.82) is 0 Å². The summed E-state index contributed by atoms with van der Waals surface area (Å²) in [5.74, 6) is -0.326.